The van der Waals surface area contributed by atoms with Crippen molar-refractivity contribution in [2.24, 2.45) is 0 Å². The Balaban J connectivity index is 0.000000101. The summed E-state index contributed by atoms with van der Waals surface area (Å²) < 4.78 is 15.3. The van der Waals surface area contributed by atoms with Crippen LogP contribution in [0, 0.1) is 0 Å². The van der Waals surface area contributed by atoms with Gasteiger partial charge < -0.3 is 13.7 Å². The monoisotopic (exact) mass is 1550 g/mol. The largest absolute Gasteiger partial charge is 0.309 e. The van der Waals surface area contributed by atoms with E-state index in [0.29, 0.717) is 0 Å². The zero-order valence-electron chi connectivity index (χ0n) is 63.9. The lowest BCUT2D eigenvalue weighted by Crippen LogP contribution is -1.96. The molecule has 0 atom stereocenters. The molecule has 118 heavy (non-hydrogen) atoms. The summed E-state index contributed by atoms with van der Waals surface area (Å²) in [5.41, 5.74) is 20.9. The molecule has 6 heterocycles. The van der Waals surface area contributed by atoms with Crippen molar-refractivity contribution in [1.82, 2.24) is 13.7 Å². The van der Waals surface area contributed by atoms with E-state index in [2.05, 4.69) is 432 Å². The van der Waals surface area contributed by atoms with Crippen molar-refractivity contribution >= 4 is 203 Å². The molecule has 0 unspecified atom stereocenters. The Hall–Kier alpha value is -14.5. The van der Waals surface area contributed by atoms with Crippen LogP contribution < -0.4 is 0 Å². The van der Waals surface area contributed by atoms with Crippen LogP contribution in [0.25, 0.3) is 231 Å². The predicted octanol–water partition coefficient (Wildman–Crippen LogP) is 32.7. The van der Waals surface area contributed by atoms with Gasteiger partial charge >= 0.3 is 0 Å². The number of benzene rings is 20. The van der Waals surface area contributed by atoms with Crippen molar-refractivity contribution < 1.29 is 0 Å². The van der Waals surface area contributed by atoms with Crippen LogP contribution in [-0.2, 0) is 0 Å². The summed E-state index contributed by atoms with van der Waals surface area (Å²) in [5.74, 6) is 0. The van der Waals surface area contributed by atoms with E-state index >= 15 is 0 Å². The Morgan fingerprint density at radius 3 is 0.992 bits per heavy atom. The third-order valence-corrected chi connectivity index (χ3v) is 27.8. The molecule has 3 nitrogen and oxygen atoms in total. The van der Waals surface area contributed by atoms with E-state index in [0.717, 1.165) is 0 Å². The van der Waals surface area contributed by atoms with E-state index in [9.17, 15) is 0 Å². The minimum atomic E-state index is 1.17. The van der Waals surface area contributed by atoms with Crippen LogP contribution in [0.1, 0.15) is 0 Å². The molecule has 0 saturated heterocycles. The second kappa shape index (κ2) is 27.6. The molecule has 20 aromatic carbocycles. The topological polar surface area (TPSA) is 14.8 Å². The van der Waals surface area contributed by atoms with Crippen LogP contribution in [-0.4, -0.2) is 13.7 Å². The van der Waals surface area contributed by atoms with Gasteiger partial charge in [-0.15, -0.1) is 34.0 Å². The van der Waals surface area contributed by atoms with Gasteiger partial charge in [0.25, 0.3) is 0 Å². The molecule has 550 valence electrons. The Morgan fingerprint density at radius 2 is 0.483 bits per heavy atom. The van der Waals surface area contributed by atoms with Gasteiger partial charge in [-0.3, -0.25) is 0 Å². The van der Waals surface area contributed by atoms with Gasteiger partial charge in [-0.25, -0.2) is 0 Å². The van der Waals surface area contributed by atoms with Crippen molar-refractivity contribution in [3.8, 4) is 61.6 Å². The molecule has 0 saturated carbocycles. The molecule has 26 aromatic rings. The highest BCUT2D eigenvalue weighted by molar-refractivity contribution is 7.26. The van der Waals surface area contributed by atoms with E-state index in [1.165, 1.54) is 231 Å². The lowest BCUT2D eigenvalue weighted by molar-refractivity contribution is 1.18. The molecule has 0 N–H and O–H groups in total. The van der Waals surface area contributed by atoms with Gasteiger partial charge in [0.2, 0.25) is 0 Å². The fourth-order valence-electron chi connectivity index (χ4n) is 18.8. The summed E-state index contributed by atoms with van der Waals surface area (Å²) in [6.45, 7) is 0. The van der Waals surface area contributed by atoms with Crippen molar-refractivity contribution in [2.45, 2.75) is 0 Å². The summed E-state index contributed by atoms with van der Waals surface area (Å²) >= 11 is 5.60. The van der Waals surface area contributed by atoms with Crippen LogP contribution >= 0.6 is 34.0 Å². The summed E-state index contributed by atoms with van der Waals surface area (Å²) in [7, 11) is 0. The molecule has 6 aromatic heterocycles. The smallest absolute Gasteiger partial charge is 0.0546 e. The number of aromatic nitrogens is 3. The maximum Gasteiger partial charge on any atom is 0.0546 e. The second-order valence-electron chi connectivity index (χ2n) is 31.0. The fourth-order valence-corrected chi connectivity index (χ4v) is 22.1. The summed E-state index contributed by atoms with van der Waals surface area (Å²) in [5, 5.41) is 25.9. The SMILES string of the molecule is c1cc(-c2cccc3ccccc23)cc(-n2c3ccccc3c3cc(-c4ccc5sc6ccccc6c5c4)ccc32)c1.c1ccc2c(c1)cc(-n1c3ccccc3c3cc(-c4ccc5sc6ccccc6c5c4)ccc31)c1ccccc12.c1ccc2cc(-n3c4ccccc4c4cc(-c5ccc6sc7ccccc7c6c5)ccc43)ccc2c1. The molecular weight excluding hydrogens is 1480 g/mol. The van der Waals surface area contributed by atoms with Crippen LogP contribution in [0.15, 0.2) is 419 Å². The number of thiophene rings is 3. The lowest BCUT2D eigenvalue weighted by atomic mass is 9.98. The zero-order chi connectivity index (χ0) is 77.5. The number of nitrogens with zero attached hydrogens (tertiary/aromatic N) is 3. The number of fused-ring (bicyclic) bond motifs is 23. The van der Waals surface area contributed by atoms with E-state index in [1.807, 2.05) is 34.0 Å². The number of hydrogen-bond donors (Lipinski definition) is 0. The Morgan fingerprint density at radius 1 is 0.144 bits per heavy atom. The van der Waals surface area contributed by atoms with Gasteiger partial charge in [0.05, 0.1) is 38.8 Å². The summed E-state index contributed by atoms with van der Waals surface area (Å²) in [6, 6.07) is 153. The van der Waals surface area contributed by atoms with E-state index < -0.39 is 0 Å². The third-order valence-electron chi connectivity index (χ3n) is 24.3. The second-order valence-corrected chi connectivity index (χ2v) is 34.2. The van der Waals surface area contributed by atoms with E-state index in [-0.39, 0.29) is 0 Å². The quantitative estimate of drug-likeness (QED) is 0.141. The fraction of sp³-hybridized carbons (Fsp3) is 0. The van der Waals surface area contributed by atoms with Gasteiger partial charge in [0.15, 0.2) is 0 Å². The average molecular weight is 1550 g/mol. The van der Waals surface area contributed by atoms with Gasteiger partial charge in [-0.1, -0.05) is 279 Å². The Labute approximate surface area is 691 Å². The number of rotatable bonds is 7. The van der Waals surface area contributed by atoms with Gasteiger partial charge in [0.1, 0.15) is 0 Å². The minimum Gasteiger partial charge on any atom is -0.309 e. The molecule has 0 aliphatic rings. The van der Waals surface area contributed by atoms with E-state index in [4.69, 9.17) is 0 Å². The van der Waals surface area contributed by atoms with Crippen molar-refractivity contribution in [1.29, 1.82) is 0 Å². The number of para-hydroxylation sites is 3. The molecule has 6 heteroatoms. The van der Waals surface area contributed by atoms with Crippen LogP contribution in [0.5, 0.6) is 0 Å². The normalized spacial score (nSPS) is 11.9. The first-order valence-electron chi connectivity index (χ1n) is 40.3. The molecule has 26 rings (SSSR count). The minimum absolute atomic E-state index is 1.17. The highest BCUT2D eigenvalue weighted by atomic mass is 32.1. The summed E-state index contributed by atoms with van der Waals surface area (Å²) in [6.07, 6.45) is 0. The van der Waals surface area contributed by atoms with Gasteiger partial charge in [-0.2, -0.15) is 0 Å². The van der Waals surface area contributed by atoms with Crippen LogP contribution in [0.3, 0.4) is 0 Å². The molecular formula is C112H69N3S3. The molecule has 0 amide bonds. The Bertz CT molecular complexity index is 8600. The molecule has 0 spiro atoms. The van der Waals surface area contributed by atoms with Gasteiger partial charge in [0, 0.05) is 110 Å². The standard InChI is InChI=1S/C40H25NS.C38H23NS.C34H21NS/c1-2-13-31-26(9-1)10-8-16-32(31)29-11-7-12-30(23-29)41-37-17-5-3-14-33(37)35-24-27(19-21-38(35)41)28-20-22-40-36(25-28)34-15-4-6-18-39(34)42-40;1-2-10-27-26(9-1)23-36(29-12-4-3-11-28(27)29)39-34-15-7-5-13-30(34)32-21-24(17-19-35(32)39)25-18-20-38-33(22-25)31-14-6-8-16-37(31)40-38;1-2-8-23-19-26(16-13-22(23)7-1)35-31-11-5-3-9-27(31)29-20-24(14-17-32(29)35)25-15-18-34-30(21-25)28-10-4-6-12-33(28)36-34/h1-25H;1-23H;1-21H. The van der Waals surface area contributed by atoms with Gasteiger partial charge in [-0.05, 0) is 222 Å². The maximum absolute atomic E-state index is 2.46. The maximum atomic E-state index is 2.46. The average Bonchev–Trinajstić information content (AvgIpc) is 1.51. The van der Waals surface area contributed by atoms with Crippen LogP contribution in [0.4, 0.5) is 0 Å². The van der Waals surface area contributed by atoms with Crippen molar-refractivity contribution in [3.63, 3.8) is 0 Å². The summed E-state index contributed by atoms with van der Waals surface area (Å²) in [4.78, 5) is 0. The van der Waals surface area contributed by atoms with Crippen LogP contribution in [0.2, 0.25) is 0 Å². The molecule has 0 aliphatic carbocycles. The molecule has 0 bridgehead atoms. The highest BCUT2D eigenvalue weighted by Crippen LogP contribution is 2.46. The Kier molecular flexibility index (Phi) is 15.9. The molecule has 0 fully saturated rings. The first kappa shape index (κ1) is 68.0. The highest BCUT2D eigenvalue weighted by Gasteiger charge is 2.21. The first-order chi connectivity index (χ1) is 58.5. The lowest BCUT2D eigenvalue weighted by Gasteiger charge is -2.14. The molecule has 0 aliphatic heterocycles. The van der Waals surface area contributed by atoms with E-state index in [1.54, 1.807) is 0 Å². The predicted molar refractivity (Wildman–Crippen MR) is 513 cm³/mol. The first-order valence-corrected chi connectivity index (χ1v) is 42.8. The van der Waals surface area contributed by atoms with Crippen molar-refractivity contribution in [3.05, 3.63) is 419 Å². The third kappa shape index (κ3) is 11.2. The van der Waals surface area contributed by atoms with Crippen molar-refractivity contribution in [2.75, 3.05) is 0 Å². The zero-order valence-corrected chi connectivity index (χ0v) is 66.4. The molecule has 0 radical (unpaired) electrons. The number of hydrogen-bond acceptors (Lipinski definition) is 3.